The van der Waals surface area contributed by atoms with Gasteiger partial charge in [-0.05, 0) is 47.0 Å². The predicted octanol–water partition coefficient (Wildman–Crippen LogP) is 2.12. The molecule has 0 atom stereocenters. The number of carbonyl (C=O) groups is 1. The summed E-state index contributed by atoms with van der Waals surface area (Å²) in [5, 5.41) is 9.13. The first kappa shape index (κ1) is 15.4. The van der Waals surface area contributed by atoms with Gasteiger partial charge in [-0.1, -0.05) is 6.42 Å². The number of benzene rings is 1. The molecule has 1 aliphatic carbocycles. The highest BCUT2D eigenvalue weighted by molar-refractivity contribution is 9.10. The van der Waals surface area contributed by atoms with E-state index >= 15 is 0 Å². The minimum atomic E-state index is -3.92. The van der Waals surface area contributed by atoms with Gasteiger partial charge in [0.15, 0.2) is 0 Å². The molecule has 0 unspecified atom stereocenters. The fourth-order valence-corrected chi connectivity index (χ4v) is 3.42. The molecule has 0 bridgehead atoms. The average molecular weight is 366 g/mol. The number of carboxylic acids is 1. The Morgan fingerprint density at radius 3 is 2.55 bits per heavy atom. The third-order valence-electron chi connectivity index (χ3n) is 3.57. The maximum Gasteiger partial charge on any atom is 0.310 e. The SMILES string of the molecule is O=C(O)C1(CNS(=O)(=O)c2ccc(Br)c(F)c2)CCC1. The van der Waals surface area contributed by atoms with Gasteiger partial charge in [0.25, 0.3) is 0 Å². The Labute approximate surface area is 124 Å². The van der Waals surface area contributed by atoms with Gasteiger partial charge in [0, 0.05) is 6.54 Å². The van der Waals surface area contributed by atoms with Crippen LogP contribution in [0.5, 0.6) is 0 Å². The molecule has 2 rings (SSSR count). The maximum absolute atomic E-state index is 13.4. The number of hydrogen-bond donors (Lipinski definition) is 2. The first-order valence-electron chi connectivity index (χ1n) is 5.95. The molecular weight excluding hydrogens is 353 g/mol. The van der Waals surface area contributed by atoms with Crippen molar-refractivity contribution in [2.75, 3.05) is 6.54 Å². The lowest BCUT2D eigenvalue weighted by molar-refractivity contribution is -0.153. The van der Waals surface area contributed by atoms with Crippen LogP contribution in [0.25, 0.3) is 0 Å². The summed E-state index contributed by atoms with van der Waals surface area (Å²) in [4.78, 5) is 10.9. The first-order chi connectivity index (χ1) is 9.27. The Hall–Kier alpha value is -0.990. The van der Waals surface area contributed by atoms with Crippen molar-refractivity contribution in [2.45, 2.75) is 24.2 Å². The Morgan fingerprint density at radius 1 is 1.45 bits per heavy atom. The second kappa shape index (κ2) is 5.42. The second-order valence-corrected chi connectivity index (χ2v) is 7.46. The summed E-state index contributed by atoms with van der Waals surface area (Å²) < 4.78 is 39.8. The lowest BCUT2D eigenvalue weighted by Gasteiger charge is -2.37. The molecule has 0 saturated heterocycles. The molecule has 8 heteroatoms. The van der Waals surface area contributed by atoms with E-state index in [1.807, 2.05) is 0 Å². The van der Waals surface area contributed by atoms with Crippen LogP contribution in [0, 0.1) is 11.2 Å². The van der Waals surface area contributed by atoms with Gasteiger partial charge in [-0.15, -0.1) is 0 Å². The van der Waals surface area contributed by atoms with Crippen LogP contribution in [0.3, 0.4) is 0 Å². The molecular formula is C12H13BrFNO4S. The lowest BCUT2D eigenvalue weighted by atomic mass is 9.69. The van der Waals surface area contributed by atoms with Crippen molar-refractivity contribution in [1.82, 2.24) is 4.72 Å². The van der Waals surface area contributed by atoms with Crippen molar-refractivity contribution in [2.24, 2.45) is 5.41 Å². The number of sulfonamides is 1. The minimum Gasteiger partial charge on any atom is -0.481 e. The number of carboxylic acid groups (broad SMARTS) is 1. The molecule has 1 aliphatic rings. The molecule has 0 heterocycles. The highest BCUT2D eigenvalue weighted by atomic mass is 79.9. The van der Waals surface area contributed by atoms with Crippen LogP contribution in [-0.4, -0.2) is 26.0 Å². The maximum atomic E-state index is 13.4. The monoisotopic (exact) mass is 365 g/mol. The van der Waals surface area contributed by atoms with E-state index in [9.17, 15) is 17.6 Å². The molecule has 1 saturated carbocycles. The van der Waals surface area contributed by atoms with Gasteiger partial charge in [-0.25, -0.2) is 17.5 Å². The largest absolute Gasteiger partial charge is 0.481 e. The third kappa shape index (κ3) is 2.87. The van der Waals surface area contributed by atoms with Gasteiger partial charge in [0.2, 0.25) is 10.0 Å². The van der Waals surface area contributed by atoms with E-state index in [0.717, 1.165) is 12.5 Å². The van der Waals surface area contributed by atoms with E-state index in [1.165, 1.54) is 12.1 Å². The summed E-state index contributed by atoms with van der Waals surface area (Å²) in [6, 6.07) is 3.44. The summed E-state index contributed by atoms with van der Waals surface area (Å²) in [6.07, 6.45) is 1.65. The van der Waals surface area contributed by atoms with E-state index in [1.54, 1.807) is 0 Å². The van der Waals surface area contributed by atoms with Crippen LogP contribution in [0.15, 0.2) is 27.6 Å². The van der Waals surface area contributed by atoms with E-state index in [0.29, 0.717) is 12.8 Å². The first-order valence-corrected chi connectivity index (χ1v) is 8.23. The molecule has 1 aromatic rings. The van der Waals surface area contributed by atoms with Crippen molar-refractivity contribution in [3.63, 3.8) is 0 Å². The number of rotatable bonds is 5. The van der Waals surface area contributed by atoms with E-state index in [-0.39, 0.29) is 15.9 Å². The zero-order valence-corrected chi connectivity index (χ0v) is 12.8. The molecule has 0 aromatic heterocycles. The number of aliphatic carboxylic acids is 1. The second-order valence-electron chi connectivity index (χ2n) is 4.84. The van der Waals surface area contributed by atoms with Gasteiger partial charge in [0.05, 0.1) is 14.8 Å². The Morgan fingerprint density at radius 2 is 2.10 bits per heavy atom. The van der Waals surface area contributed by atoms with Crippen molar-refractivity contribution < 1.29 is 22.7 Å². The molecule has 0 radical (unpaired) electrons. The van der Waals surface area contributed by atoms with Crippen molar-refractivity contribution in [3.8, 4) is 0 Å². The normalized spacial score (nSPS) is 17.5. The molecule has 20 heavy (non-hydrogen) atoms. The molecule has 0 spiro atoms. The van der Waals surface area contributed by atoms with Gasteiger partial charge in [-0.3, -0.25) is 4.79 Å². The number of hydrogen-bond acceptors (Lipinski definition) is 3. The topological polar surface area (TPSA) is 83.5 Å². The lowest BCUT2D eigenvalue weighted by Crippen LogP contribution is -2.47. The van der Waals surface area contributed by atoms with Crippen LogP contribution in [0.2, 0.25) is 0 Å². The average Bonchev–Trinajstić information content (AvgIpc) is 2.30. The van der Waals surface area contributed by atoms with E-state index in [4.69, 9.17) is 5.11 Å². The van der Waals surface area contributed by atoms with Gasteiger partial charge >= 0.3 is 5.97 Å². The zero-order valence-electron chi connectivity index (χ0n) is 10.4. The van der Waals surface area contributed by atoms with Crippen LogP contribution >= 0.6 is 15.9 Å². The molecule has 0 aliphatic heterocycles. The Bertz CT molecular complexity index is 643. The van der Waals surface area contributed by atoms with Gasteiger partial charge in [-0.2, -0.15) is 0 Å². The van der Waals surface area contributed by atoms with Gasteiger partial charge in [0.1, 0.15) is 5.82 Å². The van der Waals surface area contributed by atoms with Crippen LogP contribution in [-0.2, 0) is 14.8 Å². The summed E-state index contributed by atoms with van der Waals surface area (Å²) in [5.41, 5.74) is -1.03. The Kier molecular flexibility index (Phi) is 4.17. The molecule has 0 amide bonds. The van der Waals surface area contributed by atoms with Crippen LogP contribution in [0.4, 0.5) is 4.39 Å². The molecule has 1 aromatic carbocycles. The summed E-state index contributed by atoms with van der Waals surface area (Å²) >= 11 is 2.94. The number of nitrogens with one attached hydrogen (secondary N) is 1. The third-order valence-corrected chi connectivity index (χ3v) is 5.61. The van der Waals surface area contributed by atoms with E-state index in [2.05, 4.69) is 20.7 Å². The van der Waals surface area contributed by atoms with Crippen molar-refractivity contribution in [3.05, 3.63) is 28.5 Å². The molecule has 1 fully saturated rings. The fourth-order valence-electron chi connectivity index (χ4n) is 2.03. The Balaban J connectivity index is 2.15. The molecule has 2 N–H and O–H groups in total. The van der Waals surface area contributed by atoms with Gasteiger partial charge < -0.3 is 5.11 Å². The smallest absolute Gasteiger partial charge is 0.310 e. The highest BCUT2D eigenvalue weighted by Gasteiger charge is 2.45. The fraction of sp³-hybridized carbons (Fsp3) is 0.417. The molecule has 5 nitrogen and oxygen atoms in total. The van der Waals surface area contributed by atoms with Crippen LogP contribution < -0.4 is 4.72 Å². The van der Waals surface area contributed by atoms with Crippen molar-refractivity contribution >= 4 is 31.9 Å². The summed E-state index contributed by atoms with van der Waals surface area (Å²) in [7, 11) is -3.92. The van der Waals surface area contributed by atoms with E-state index < -0.39 is 27.2 Å². The number of halogens is 2. The predicted molar refractivity (Wildman–Crippen MR) is 73.2 cm³/mol. The minimum absolute atomic E-state index is 0.164. The summed E-state index contributed by atoms with van der Waals surface area (Å²) in [5.74, 6) is -1.70. The molecule has 110 valence electrons. The van der Waals surface area contributed by atoms with Crippen molar-refractivity contribution in [1.29, 1.82) is 0 Å². The zero-order chi connectivity index (χ0) is 15.0. The van der Waals surface area contributed by atoms with Crippen LogP contribution in [0.1, 0.15) is 19.3 Å². The quantitative estimate of drug-likeness (QED) is 0.836. The highest BCUT2D eigenvalue weighted by Crippen LogP contribution is 2.40. The standard InChI is InChI=1S/C12H13BrFNO4S/c13-9-3-2-8(6-10(9)14)20(18,19)15-7-12(11(16)17)4-1-5-12/h2-3,6,15H,1,4-5,7H2,(H,16,17). The summed E-state index contributed by atoms with van der Waals surface area (Å²) in [6.45, 7) is -0.178.